The molecule has 1 aromatic carbocycles. The molecule has 3 rings (SSSR count). The smallest absolute Gasteiger partial charge is 0.406 e. The lowest BCUT2D eigenvalue weighted by Gasteiger charge is -2.39. The highest BCUT2D eigenvalue weighted by Gasteiger charge is 2.41. The summed E-state index contributed by atoms with van der Waals surface area (Å²) in [6.07, 6.45) is -1.94. The van der Waals surface area contributed by atoms with Crippen LogP contribution in [0.25, 0.3) is 0 Å². The van der Waals surface area contributed by atoms with E-state index in [9.17, 15) is 31.2 Å². The molecule has 0 saturated carbocycles. The van der Waals surface area contributed by atoms with Gasteiger partial charge in [-0.05, 0) is 31.2 Å². The molecule has 34 heavy (non-hydrogen) atoms. The van der Waals surface area contributed by atoms with Gasteiger partial charge in [0.15, 0.2) is 0 Å². The summed E-state index contributed by atoms with van der Waals surface area (Å²) >= 11 is 0. The highest BCUT2D eigenvalue weighted by Crippen LogP contribution is 2.27. The third-order valence-corrected chi connectivity index (χ3v) is 6.94. The van der Waals surface area contributed by atoms with E-state index in [-0.39, 0.29) is 37.0 Å². The molecule has 1 aliphatic rings. The SMILES string of the molecule is CC(=O)N1CCN(S(=O)(=O)c2ccc(OC(F)(F)F)cc2)[C@@H](C(=O)NCc2cnc(C)cn2)C1. The Morgan fingerprint density at radius 3 is 2.38 bits per heavy atom. The van der Waals surface area contributed by atoms with Gasteiger partial charge < -0.3 is 15.0 Å². The number of hydrogen-bond acceptors (Lipinski definition) is 7. The van der Waals surface area contributed by atoms with E-state index in [1.807, 2.05) is 0 Å². The molecule has 2 heterocycles. The van der Waals surface area contributed by atoms with E-state index in [0.717, 1.165) is 28.6 Å². The molecule has 2 aromatic rings. The number of halogens is 3. The number of sulfonamides is 1. The zero-order valence-electron chi connectivity index (χ0n) is 18.2. The monoisotopic (exact) mass is 501 g/mol. The molecule has 1 atom stereocenters. The highest BCUT2D eigenvalue weighted by atomic mass is 32.2. The van der Waals surface area contributed by atoms with Crippen molar-refractivity contribution < 1.29 is 35.9 Å². The van der Waals surface area contributed by atoms with Gasteiger partial charge in [0.05, 0.1) is 29.0 Å². The molecule has 2 amide bonds. The number of ether oxygens (including phenoxy) is 1. The molecule has 14 heteroatoms. The number of nitrogens with zero attached hydrogens (tertiary/aromatic N) is 4. The number of aromatic nitrogens is 2. The zero-order chi connectivity index (χ0) is 25.1. The standard InChI is InChI=1S/C20H22F3N5O5S/c1-13-9-25-15(10-24-13)11-26-19(30)18-12-27(14(2)29)7-8-28(18)34(31,32)17-5-3-16(4-6-17)33-20(21,22)23/h3-6,9-10,18H,7-8,11-12H2,1-2H3,(H,26,30)/t18-/m1/s1. The van der Waals surface area contributed by atoms with Gasteiger partial charge in [-0.3, -0.25) is 19.6 Å². The minimum absolute atomic E-state index is 0.0138. The first-order chi connectivity index (χ1) is 15.9. The van der Waals surface area contributed by atoms with Crippen LogP contribution in [-0.2, 0) is 26.2 Å². The minimum atomic E-state index is -4.92. The van der Waals surface area contributed by atoms with E-state index >= 15 is 0 Å². The van der Waals surface area contributed by atoms with Gasteiger partial charge in [-0.2, -0.15) is 4.31 Å². The van der Waals surface area contributed by atoms with Gasteiger partial charge in [-0.1, -0.05) is 0 Å². The fraction of sp³-hybridized carbons (Fsp3) is 0.400. The normalized spacial score (nSPS) is 17.3. The van der Waals surface area contributed by atoms with Crippen molar-refractivity contribution in [1.29, 1.82) is 0 Å². The number of benzene rings is 1. The fourth-order valence-corrected chi connectivity index (χ4v) is 4.88. The average Bonchev–Trinajstić information content (AvgIpc) is 2.77. The summed E-state index contributed by atoms with van der Waals surface area (Å²) in [5.74, 6) is -1.57. The van der Waals surface area contributed by atoms with Crippen LogP contribution in [-0.4, -0.2) is 71.4 Å². The number of alkyl halides is 3. The molecule has 1 N–H and O–H groups in total. The number of piperazine rings is 1. The molecule has 1 aliphatic heterocycles. The van der Waals surface area contributed by atoms with Gasteiger partial charge in [-0.25, -0.2) is 8.42 Å². The van der Waals surface area contributed by atoms with Crippen molar-refractivity contribution in [3.05, 3.63) is 48.0 Å². The zero-order valence-corrected chi connectivity index (χ0v) is 19.1. The van der Waals surface area contributed by atoms with Crippen molar-refractivity contribution in [1.82, 2.24) is 24.5 Å². The predicted octanol–water partition coefficient (Wildman–Crippen LogP) is 1.22. The van der Waals surface area contributed by atoms with Crippen LogP contribution in [0.5, 0.6) is 5.75 Å². The molecule has 10 nitrogen and oxygen atoms in total. The third-order valence-electron chi connectivity index (χ3n) is 5.02. The molecule has 0 bridgehead atoms. The Hall–Kier alpha value is -3.26. The van der Waals surface area contributed by atoms with Crippen LogP contribution in [0, 0.1) is 6.92 Å². The Morgan fingerprint density at radius 1 is 1.15 bits per heavy atom. The van der Waals surface area contributed by atoms with E-state index in [1.54, 1.807) is 6.92 Å². The Balaban J connectivity index is 1.82. The first-order valence-corrected chi connectivity index (χ1v) is 11.5. The second kappa shape index (κ2) is 9.93. The maximum absolute atomic E-state index is 13.2. The summed E-state index contributed by atoms with van der Waals surface area (Å²) in [6.45, 7) is 2.73. The molecule has 0 radical (unpaired) electrons. The second-order valence-electron chi connectivity index (χ2n) is 7.48. The van der Waals surface area contributed by atoms with Gasteiger partial charge in [0.2, 0.25) is 21.8 Å². The first-order valence-electron chi connectivity index (χ1n) is 10.1. The Morgan fingerprint density at radius 2 is 1.82 bits per heavy atom. The topological polar surface area (TPSA) is 122 Å². The number of carbonyl (C=O) groups is 2. The van der Waals surface area contributed by atoms with E-state index in [0.29, 0.717) is 11.4 Å². The molecule has 0 aliphatic carbocycles. The summed E-state index contributed by atoms with van der Waals surface area (Å²) in [7, 11) is -4.28. The van der Waals surface area contributed by atoms with Crippen LogP contribution in [0.1, 0.15) is 18.3 Å². The lowest BCUT2D eigenvalue weighted by atomic mass is 10.2. The van der Waals surface area contributed by atoms with Crippen LogP contribution < -0.4 is 10.1 Å². The van der Waals surface area contributed by atoms with Gasteiger partial charge >= 0.3 is 6.36 Å². The van der Waals surface area contributed by atoms with Crippen LogP contribution in [0.15, 0.2) is 41.6 Å². The van der Waals surface area contributed by atoms with Crippen molar-refractivity contribution in [2.45, 2.75) is 37.7 Å². The van der Waals surface area contributed by atoms with E-state index in [4.69, 9.17) is 0 Å². The number of hydrogen-bond donors (Lipinski definition) is 1. The van der Waals surface area contributed by atoms with Crippen molar-refractivity contribution in [2.75, 3.05) is 19.6 Å². The van der Waals surface area contributed by atoms with Crippen molar-refractivity contribution in [3.63, 3.8) is 0 Å². The van der Waals surface area contributed by atoms with Crippen LogP contribution in [0.4, 0.5) is 13.2 Å². The van der Waals surface area contributed by atoms with Gasteiger partial charge in [0.1, 0.15) is 11.8 Å². The van der Waals surface area contributed by atoms with Crippen LogP contribution in [0.2, 0.25) is 0 Å². The molecular weight excluding hydrogens is 479 g/mol. The van der Waals surface area contributed by atoms with E-state index in [2.05, 4.69) is 20.0 Å². The van der Waals surface area contributed by atoms with Crippen LogP contribution in [0.3, 0.4) is 0 Å². The molecule has 1 fully saturated rings. The predicted molar refractivity (Wildman–Crippen MR) is 112 cm³/mol. The Kier molecular flexibility index (Phi) is 7.41. The molecule has 1 saturated heterocycles. The lowest BCUT2D eigenvalue weighted by Crippen LogP contribution is -2.61. The fourth-order valence-electron chi connectivity index (χ4n) is 3.31. The number of rotatable bonds is 6. The first kappa shape index (κ1) is 25.4. The number of nitrogens with one attached hydrogen (secondary N) is 1. The average molecular weight is 501 g/mol. The van der Waals surface area contributed by atoms with Crippen molar-refractivity contribution in [2.24, 2.45) is 0 Å². The number of aryl methyl sites for hydroxylation is 1. The summed E-state index contributed by atoms with van der Waals surface area (Å²) in [6, 6.07) is 2.41. The van der Waals surface area contributed by atoms with Crippen molar-refractivity contribution in [3.8, 4) is 5.75 Å². The Bertz CT molecular complexity index is 1140. The van der Waals surface area contributed by atoms with Gasteiger partial charge in [-0.15, -0.1) is 13.2 Å². The van der Waals surface area contributed by atoms with E-state index < -0.39 is 34.1 Å². The van der Waals surface area contributed by atoms with Crippen molar-refractivity contribution >= 4 is 21.8 Å². The number of carbonyl (C=O) groups excluding carboxylic acids is 2. The molecule has 0 spiro atoms. The summed E-state index contributed by atoms with van der Waals surface area (Å²) in [4.78, 5) is 34.0. The quantitative estimate of drug-likeness (QED) is 0.632. The largest absolute Gasteiger partial charge is 0.573 e. The van der Waals surface area contributed by atoms with Gasteiger partial charge in [0.25, 0.3) is 0 Å². The maximum atomic E-state index is 13.2. The van der Waals surface area contributed by atoms with Gasteiger partial charge in [0, 0.05) is 32.8 Å². The Labute approximate surface area is 193 Å². The molecule has 184 valence electrons. The summed E-state index contributed by atoms with van der Waals surface area (Å²) in [5.41, 5.74) is 1.14. The van der Waals surface area contributed by atoms with Crippen LogP contribution >= 0.6 is 0 Å². The lowest BCUT2D eigenvalue weighted by molar-refractivity contribution is -0.274. The number of amides is 2. The third kappa shape index (κ3) is 6.20. The molecule has 0 unspecified atom stereocenters. The van der Waals surface area contributed by atoms with E-state index in [1.165, 1.54) is 24.2 Å². The molecule has 1 aromatic heterocycles. The minimum Gasteiger partial charge on any atom is -0.406 e. The second-order valence-corrected chi connectivity index (χ2v) is 9.37. The summed E-state index contributed by atoms with van der Waals surface area (Å²) < 4.78 is 68.4. The maximum Gasteiger partial charge on any atom is 0.573 e. The molecular formula is C20H22F3N5O5S. The highest BCUT2D eigenvalue weighted by molar-refractivity contribution is 7.89. The summed E-state index contributed by atoms with van der Waals surface area (Å²) in [5, 5.41) is 2.61.